The van der Waals surface area contributed by atoms with E-state index in [0.717, 1.165) is 61.1 Å². The third-order valence-corrected chi connectivity index (χ3v) is 10.8. The maximum atomic E-state index is 5.42. The lowest BCUT2D eigenvalue weighted by molar-refractivity contribution is 1.07. The van der Waals surface area contributed by atoms with E-state index in [1.165, 1.54) is 27.2 Å². The van der Waals surface area contributed by atoms with Crippen molar-refractivity contribution in [3.8, 4) is 62.2 Å². The van der Waals surface area contributed by atoms with Crippen molar-refractivity contribution in [2.24, 2.45) is 0 Å². The van der Waals surface area contributed by atoms with E-state index in [-0.39, 0.29) is 0 Å². The standard InChI is InChI=1S/C52H33N5/c1-5-15-35(16-6-1)49-43-31-32-46-48(42-23-13-14-24-45(42)57(46)40-21-11-4-12-22-40)47(43)41-30-29-39(33-44(41)53-49)34-25-27-38(28-26-34)52-55-50(36-17-7-2-8-18-36)54-51(56-52)37-19-9-3-10-20-37/h1-33H. The number of rotatable bonds is 6. The number of nitrogens with zero attached hydrogens (tertiary/aromatic N) is 5. The Labute approximate surface area is 329 Å². The minimum Gasteiger partial charge on any atom is -0.309 e. The van der Waals surface area contributed by atoms with Crippen LogP contribution in [-0.2, 0) is 0 Å². The van der Waals surface area contributed by atoms with Gasteiger partial charge in [0.25, 0.3) is 0 Å². The van der Waals surface area contributed by atoms with Crippen molar-refractivity contribution in [2.75, 3.05) is 0 Å². The number of para-hydroxylation sites is 2. The molecule has 0 unspecified atom stereocenters. The van der Waals surface area contributed by atoms with Gasteiger partial charge in [0.05, 0.1) is 22.2 Å². The van der Waals surface area contributed by atoms with Gasteiger partial charge in [0, 0.05) is 54.9 Å². The van der Waals surface area contributed by atoms with Crippen molar-refractivity contribution in [1.29, 1.82) is 0 Å². The van der Waals surface area contributed by atoms with Crippen LogP contribution in [0.1, 0.15) is 0 Å². The van der Waals surface area contributed by atoms with Gasteiger partial charge in [-0.15, -0.1) is 0 Å². The smallest absolute Gasteiger partial charge is 0.164 e. The number of aromatic nitrogens is 5. The first-order valence-corrected chi connectivity index (χ1v) is 19.1. The van der Waals surface area contributed by atoms with Crippen molar-refractivity contribution in [2.45, 2.75) is 0 Å². The molecule has 266 valence electrons. The molecule has 8 aromatic carbocycles. The molecule has 3 aromatic heterocycles. The van der Waals surface area contributed by atoms with Crippen LogP contribution in [-0.4, -0.2) is 24.5 Å². The molecule has 0 radical (unpaired) electrons. The monoisotopic (exact) mass is 727 g/mol. The van der Waals surface area contributed by atoms with Gasteiger partial charge < -0.3 is 4.57 Å². The Kier molecular flexibility index (Phi) is 7.74. The summed E-state index contributed by atoms with van der Waals surface area (Å²) in [6.07, 6.45) is 0. The van der Waals surface area contributed by atoms with E-state index >= 15 is 0 Å². The van der Waals surface area contributed by atoms with Gasteiger partial charge in [0.2, 0.25) is 0 Å². The zero-order valence-electron chi connectivity index (χ0n) is 30.8. The summed E-state index contributed by atoms with van der Waals surface area (Å²) in [5.74, 6) is 1.92. The van der Waals surface area contributed by atoms with Crippen LogP contribution < -0.4 is 0 Å². The molecule has 5 heteroatoms. The second kappa shape index (κ2) is 13.5. The summed E-state index contributed by atoms with van der Waals surface area (Å²) in [7, 11) is 0. The molecule has 3 heterocycles. The molecule has 11 rings (SSSR count). The summed E-state index contributed by atoms with van der Waals surface area (Å²) in [4.78, 5) is 20.2. The summed E-state index contributed by atoms with van der Waals surface area (Å²) in [6, 6.07) is 69.8. The molecule has 0 fully saturated rings. The zero-order chi connectivity index (χ0) is 37.7. The van der Waals surface area contributed by atoms with Crippen LogP contribution in [0.25, 0.3) is 106 Å². The fourth-order valence-electron chi connectivity index (χ4n) is 8.15. The zero-order valence-corrected chi connectivity index (χ0v) is 30.8. The molecule has 11 aromatic rings. The van der Waals surface area contributed by atoms with Gasteiger partial charge >= 0.3 is 0 Å². The molecule has 0 saturated heterocycles. The second-order valence-electron chi connectivity index (χ2n) is 14.2. The van der Waals surface area contributed by atoms with Crippen LogP contribution in [0.5, 0.6) is 0 Å². The summed E-state index contributed by atoms with van der Waals surface area (Å²) < 4.78 is 2.38. The molecule has 0 atom stereocenters. The van der Waals surface area contributed by atoms with Crippen molar-refractivity contribution in [1.82, 2.24) is 24.5 Å². The van der Waals surface area contributed by atoms with E-state index in [9.17, 15) is 0 Å². The highest BCUT2D eigenvalue weighted by Crippen LogP contribution is 2.43. The largest absolute Gasteiger partial charge is 0.309 e. The van der Waals surface area contributed by atoms with Crippen LogP contribution in [0.3, 0.4) is 0 Å². The van der Waals surface area contributed by atoms with Gasteiger partial charge in [0.1, 0.15) is 0 Å². The van der Waals surface area contributed by atoms with Gasteiger partial charge in [-0.2, -0.15) is 0 Å². The number of hydrogen-bond acceptors (Lipinski definition) is 4. The number of pyridine rings is 1. The lowest BCUT2D eigenvalue weighted by Gasteiger charge is -2.14. The molecule has 0 aliphatic carbocycles. The Balaban J connectivity index is 1.08. The maximum Gasteiger partial charge on any atom is 0.164 e. The molecular weight excluding hydrogens is 695 g/mol. The van der Waals surface area contributed by atoms with E-state index < -0.39 is 0 Å². The molecule has 0 bridgehead atoms. The van der Waals surface area contributed by atoms with Gasteiger partial charge in [0.15, 0.2) is 17.5 Å². The first-order chi connectivity index (χ1) is 28.3. The molecule has 57 heavy (non-hydrogen) atoms. The van der Waals surface area contributed by atoms with Crippen molar-refractivity contribution >= 4 is 43.5 Å². The average molecular weight is 728 g/mol. The van der Waals surface area contributed by atoms with Gasteiger partial charge in [-0.05, 0) is 41.5 Å². The molecule has 0 aliphatic heterocycles. The first kappa shape index (κ1) is 32.7. The SMILES string of the molecule is c1ccc(-c2nc(-c3ccccc3)nc(-c3ccc(-c4ccc5c(c4)nc(-c4ccccc4)c4ccc6c(c7ccccc7n6-c6ccccc6)c45)cc3)n2)cc1. The maximum absolute atomic E-state index is 5.42. The number of hydrogen-bond donors (Lipinski definition) is 0. The predicted octanol–water partition coefficient (Wildman–Crippen LogP) is 13.0. The summed E-state index contributed by atoms with van der Waals surface area (Å²) in [5, 5.41) is 5.92. The topological polar surface area (TPSA) is 56.5 Å². The quantitative estimate of drug-likeness (QED) is 0.160. The van der Waals surface area contributed by atoms with Gasteiger partial charge in [-0.25, -0.2) is 19.9 Å². The molecule has 0 amide bonds. The first-order valence-electron chi connectivity index (χ1n) is 19.1. The fourth-order valence-corrected chi connectivity index (χ4v) is 8.15. The fraction of sp³-hybridized carbons (Fsp3) is 0. The highest BCUT2D eigenvalue weighted by molar-refractivity contribution is 6.29. The summed E-state index contributed by atoms with van der Waals surface area (Å²) in [6.45, 7) is 0. The molecule has 5 nitrogen and oxygen atoms in total. The highest BCUT2D eigenvalue weighted by Gasteiger charge is 2.20. The number of fused-ring (bicyclic) bond motifs is 7. The lowest BCUT2D eigenvalue weighted by Crippen LogP contribution is -2.00. The minimum atomic E-state index is 0.632. The van der Waals surface area contributed by atoms with E-state index in [4.69, 9.17) is 19.9 Å². The second-order valence-corrected chi connectivity index (χ2v) is 14.2. The van der Waals surface area contributed by atoms with Crippen molar-refractivity contribution < 1.29 is 0 Å². The third kappa shape index (κ3) is 5.64. The predicted molar refractivity (Wildman–Crippen MR) is 234 cm³/mol. The van der Waals surface area contributed by atoms with Crippen LogP contribution >= 0.6 is 0 Å². The average Bonchev–Trinajstić information content (AvgIpc) is 3.64. The van der Waals surface area contributed by atoms with E-state index in [1.54, 1.807) is 0 Å². The molecule has 0 N–H and O–H groups in total. The Morgan fingerprint density at radius 1 is 0.298 bits per heavy atom. The highest BCUT2D eigenvalue weighted by atomic mass is 15.0. The normalized spacial score (nSPS) is 11.5. The van der Waals surface area contributed by atoms with Crippen LogP contribution in [0.4, 0.5) is 0 Å². The Morgan fingerprint density at radius 2 is 0.789 bits per heavy atom. The van der Waals surface area contributed by atoms with E-state index in [2.05, 4.69) is 144 Å². The van der Waals surface area contributed by atoms with E-state index in [0.29, 0.717) is 17.5 Å². The molecule has 0 spiro atoms. The summed E-state index contributed by atoms with van der Waals surface area (Å²) >= 11 is 0. The van der Waals surface area contributed by atoms with Crippen LogP contribution in [0, 0.1) is 0 Å². The number of benzene rings is 8. The van der Waals surface area contributed by atoms with Crippen LogP contribution in [0.15, 0.2) is 200 Å². The Morgan fingerprint density at radius 3 is 1.42 bits per heavy atom. The van der Waals surface area contributed by atoms with Crippen molar-refractivity contribution in [3.05, 3.63) is 200 Å². The Hall–Kier alpha value is -7.76. The molecule has 0 saturated carbocycles. The Bertz CT molecular complexity index is 3190. The van der Waals surface area contributed by atoms with Crippen molar-refractivity contribution in [3.63, 3.8) is 0 Å². The minimum absolute atomic E-state index is 0.632. The van der Waals surface area contributed by atoms with E-state index in [1.807, 2.05) is 60.7 Å². The molecule has 0 aliphatic rings. The third-order valence-electron chi connectivity index (χ3n) is 10.8. The summed E-state index contributed by atoms with van der Waals surface area (Å²) in [5.41, 5.74) is 11.5. The molecular formula is C52H33N5. The van der Waals surface area contributed by atoms with Gasteiger partial charge in [-0.3, -0.25) is 0 Å². The lowest BCUT2D eigenvalue weighted by atomic mass is 9.94. The van der Waals surface area contributed by atoms with Gasteiger partial charge in [-0.1, -0.05) is 170 Å². The van der Waals surface area contributed by atoms with Crippen LogP contribution in [0.2, 0.25) is 0 Å².